The number of likely N-dealkylation sites (tertiary alicyclic amines) is 1. The molecular formula is C15H20FNO. The third-order valence-corrected chi connectivity index (χ3v) is 3.56. The molecule has 1 aliphatic rings. The highest BCUT2D eigenvalue weighted by molar-refractivity contribution is 5.17. The first-order chi connectivity index (χ1) is 8.70. The van der Waals surface area contributed by atoms with E-state index >= 15 is 0 Å². The van der Waals surface area contributed by atoms with E-state index in [1.54, 1.807) is 0 Å². The Bertz CT molecular complexity index is 416. The Labute approximate surface area is 108 Å². The minimum atomic E-state index is -0.460. The van der Waals surface area contributed by atoms with Crippen LogP contribution in [0.15, 0.2) is 41.7 Å². The summed E-state index contributed by atoms with van der Waals surface area (Å²) in [6, 6.07) is 10.3. The van der Waals surface area contributed by atoms with Crippen LogP contribution in [0.4, 0.5) is 4.39 Å². The fraction of sp³-hybridized carbons (Fsp3) is 0.467. The van der Waals surface area contributed by atoms with E-state index in [-0.39, 0.29) is 11.7 Å². The summed E-state index contributed by atoms with van der Waals surface area (Å²) < 4.78 is 13.4. The van der Waals surface area contributed by atoms with Gasteiger partial charge in [0.1, 0.15) is 5.83 Å². The lowest BCUT2D eigenvalue weighted by molar-refractivity contribution is 0.204. The van der Waals surface area contributed by atoms with Crippen LogP contribution in [0.5, 0.6) is 0 Å². The molecule has 1 saturated heterocycles. The number of rotatable bonds is 3. The quantitative estimate of drug-likeness (QED) is 0.890. The van der Waals surface area contributed by atoms with E-state index in [9.17, 15) is 4.39 Å². The lowest BCUT2D eigenvalue weighted by atomic mass is 9.92. The number of nitrogens with zero attached hydrogens (tertiary/aromatic N) is 1. The van der Waals surface area contributed by atoms with Crippen LogP contribution in [-0.4, -0.2) is 29.7 Å². The summed E-state index contributed by atoms with van der Waals surface area (Å²) in [5.41, 5.74) is 2.08. The molecule has 0 aliphatic carbocycles. The first kappa shape index (κ1) is 13.2. The predicted octanol–water partition coefficient (Wildman–Crippen LogP) is 2.74. The van der Waals surface area contributed by atoms with Gasteiger partial charge < -0.3 is 5.11 Å². The fourth-order valence-corrected chi connectivity index (χ4v) is 2.60. The van der Waals surface area contributed by atoms with Gasteiger partial charge in [0.25, 0.3) is 0 Å². The molecule has 0 spiro atoms. The van der Waals surface area contributed by atoms with Crippen LogP contribution < -0.4 is 0 Å². The molecule has 1 N–H and O–H groups in total. The van der Waals surface area contributed by atoms with E-state index in [1.807, 2.05) is 25.1 Å². The molecule has 1 unspecified atom stereocenters. The third-order valence-electron chi connectivity index (χ3n) is 3.56. The van der Waals surface area contributed by atoms with Crippen molar-refractivity contribution in [1.29, 1.82) is 0 Å². The molecule has 0 amide bonds. The number of halogens is 1. The van der Waals surface area contributed by atoms with Gasteiger partial charge in [-0.25, -0.2) is 4.39 Å². The van der Waals surface area contributed by atoms with Crippen molar-refractivity contribution in [3.05, 3.63) is 47.3 Å². The molecule has 1 aromatic rings. The van der Waals surface area contributed by atoms with Crippen molar-refractivity contribution in [2.24, 2.45) is 5.92 Å². The Hall–Kier alpha value is -1.19. The van der Waals surface area contributed by atoms with Gasteiger partial charge in [-0.2, -0.15) is 0 Å². The molecule has 0 bridgehead atoms. The van der Waals surface area contributed by atoms with Crippen LogP contribution in [-0.2, 0) is 6.54 Å². The number of hydrogen-bond acceptors (Lipinski definition) is 2. The Morgan fingerprint density at radius 3 is 2.72 bits per heavy atom. The van der Waals surface area contributed by atoms with Crippen molar-refractivity contribution >= 4 is 0 Å². The van der Waals surface area contributed by atoms with Crippen molar-refractivity contribution in [2.45, 2.75) is 19.9 Å². The topological polar surface area (TPSA) is 23.5 Å². The van der Waals surface area contributed by atoms with Gasteiger partial charge in [0.05, 0.1) is 6.61 Å². The minimum Gasteiger partial charge on any atom is -0.389 e. The summed E-state index contributed by atoms with van der Waals surface area (Å²) in [5.74, 6) is -0.142. The van der Waals surface area contributed by atoms with Crippen LogP contribution in [0.1, 0.15) is 18.9 Å². The van der Waals surface area contributed by atoms with Crippen LogP contribution in [0, 0.1) is 5.92 Å². The van der Waals surface area contributed by atoms with E-state index in [0.717, 1.165) is 31.6 Å². The lowest BCUT2D eigenvalue weighted by Crippen LogP contribution is -2.35. The van der Waals surface area contributed by atoms with Gasteiger partial charge in [0.15, 0.2) is 0 Å². The molecule has 18 heavy (non-hydrogen) atoms. The van der Waals surface area contributed by atoms with Crippen molar-refractivity contribution < 1.29 is 9.50 Å². The minimum absolute atomic E-state index is 0.189. The van der Waals surface area contributed by atoms with E-state index < -0.39 is 6.61 Å². The predicted molar refractivity (Wildman–Crippen MR) is 70.7 cm³/mol. The number of benzene rings is 1. The standard InChI is InChI=1S/C15H20FNO/c1-12-9-17(8-7-14(12)15(16)11-18)10-13-5-3-2-4-6-13/h2-6,12,18H,7-11H2,1H3. The Kier molecular flexibility index (Phi) is 4.50. The second kappa shape index (κ2) is 6.12. The molecule has 1 aliphatic heterocycles. The van der Waals surface area contributed by atoms with Crippen LogP contribution in [0.2, 0.25) is 0 Å². The molecule has 0 saturated carbocycles. The maximum absolute atomic E-state index is 13.4. The first-order valence-electron chi connectivity index (χ1n) is 6.45. The molecule has 1 atom stereocenters. The molecule has 2 nitrogen and oxygen atoms in total. The molecular weight excluding hydrogens is 229 g/mol. The van der Waals surface area contributed by atoms with Gasteiger partial charge >= 0.3 is 0 Å². The Morgan fingerprint density at radius 2 is 2.11 bits per heavy atom. The Morgan fingerprint density at radius 1 is 1.39 bits per heavy atom. The fourth-order valence-electron chi connectivity index (χ4n) is 2.60. The largest absolute Gasteiger partial charge is 0.389 e. The summed E-state index contributed by atoms with van der Waals surface area (Å²) in [5, 5.41) is 8.86. The van der Waals surface area contributed by atoms with Crippen molar-refractivity contribution in [2.75, 3.05) is 19.7 Å². The summed E-state index contributed by atoms with van der Waals surface area (Å²) in [6.07, 6.45) is 0.723. The van der Waals surface area contributed by atoms with E-state index in [1.165, 1.54) is 5.56 Å². The molecule has 1 fully saturated rings. The van der Waals surface area contributed by atoms with Gasteiger partial charge in [-0.05, 0) is 23.5 Å². The molecule has 1 heterocycles. The highest BCUT2D eigenvalue weighted by Gasteiger charge is 2.23. The van der Waals surface area contributed by atoms with Gasteiger partial charge in [-0.15, -0.1) is 0 Å². The average molecular weight is 249 g/mol. The zero-order chi connectivity index (χ0) is 13.0. The van der Waals surface area contributed by atoms with Crippen LogP contribution in [0.25, 0.3) is 0 Å². The second-order valence-electron chi connectivity index (χ2n) is 4.96. The van der Waals surface area contributed by atoms with E-state index in [0.29, 0.717) is 0 Å². The average Bonchev–Trinajstić information content (AvgIpc) is 2.39. The van der Waals surface area contributed by atoms with E-state index in [2.05, 4.69) is 17.0 Å². The molecule has 2 rings (SSSR count). The SMILES string of the molecule is CC1CN(Cc2ccccc2)CCC1=C(F)CO. The van der Waals surface area contributed by atoms with Gasteiger partial charge in [0.2, 0.25) is 0 Å². The van der Waals surface area contributed by atoms with Crippen LogP contribution >= 0.6 is 0 Å². The maximum Gasteiger partial charge on any atom is 0.125 e. The summed E-state index contributed by atoms with van der Waals surface area (Å²) in [7, 11) is 0. The van der Waals surface area contributed by atoms with Gasteiger partial charge in [-0.1, -0.05) is 37.3 Å². The number of aliphatic hydroxyl groups excluding tert-OH is 1. The number of aliphatic hydroxyl groups is 1. The molecule has 98 valence electrons. The summed E-state index contributed by atoms with van der Waals surface area (Å²) >= 11 is 0. The highest BCUT2D eigenvalue weighted by Crippen LogP contribution is 2.26. The first-order valence-corrected chi connectivity index (χ1v) is 6.45. The highest BCUT2D eigenvalue weighted by atomic mass is 19.1. The van der Waals surface area contributed by atoms with Gasteiger partial charge in [0, 0.05) is 19.6 Å². The smallest absolute Gasteiger partial charge is 0.125 e. The monoisotopic (exact) mass is 249 g/mol. The van der Waals surface area contributed by atoms with E-state index in [4.69, 9.17) is 5.11 Å². The van der Waals surface area contributed by atoms with Crippen molar-refractivity contribution in [3.8, 4) is 0 Å². The molecule has 0 aromatic heterocycles. The third kappa shape index (κ3) is 3.18. The lowest BCUT2D eigenvalue weighted by Gasteiger charge is -2.33. The van der Waals surface area contributed by atoms with Crippen molar-refractivity contribution in [1.82, 2.24) is 4.90 Å². The zero-order valence-corrected chi connectivity index (χ0v) is 10.8. The number of hydrogen-bond donors (Lipinski definition) is 1. The zero-order valence-electron chi connectivity index (χ0n) is 10.8. The normalized spacial score (nSPS) is 24.1. The molecule has 1 aromatic carbocycles. The van der Waals surface area contributed by atoms with Crippen LogP contribution in [0.3, 0.4) is 0 Å². The maximum atomic E-state index is 13.4. The van der Waals surface area contributed by atoms with Crippen molar-refractivity contribution in [3.63, 3.8) is 0 Å². The summed E-state index contributed by atoms with van der Waals surface area (Å²) in [6.45, 7) is 4.21. The number of piperidine rings is 1. The van der Waals surface area contributed by atoms with Gasteiger partial charge in [-0.3, -0.25) is 4.90 Å². The second-order valence-corrected chi connectivity index (χ2v) is 4.96. The molecule has 0 radical (unpaired) electrons. The summed E-state index contributed by atoms with van der Waals surface area (Å²) in [4.78, 5) is 2.34. The molecule has 3 heteroatoms. The Balaban J connectivity index is 1.97.